The van der Waals surface area contributed by atoms with Crippen LogP contribution < -0.4 is 4.90 Å². The highest BCUT2D eigenvalue weighted by molar-refractivity contribution is 6.35. The van der Waals surface area contributed by atoms with E-state index < -0.39 is 6.04 Å². The van der Waals surface area contributed by atoms with E-state index in [2.05, 4.69) is 9.88 Å². The number of amides is 2. The number of imidazole rings is 1. The van der Waals surface area contributed by atoms with E-state index in [-0.39, 0.29) is 18.2 Å². The second-order valence-corrected chi connectivity index (χ2v) is 8.74. The van der Waals surface area contributed by atoms with Crippen molar-refractivity contribution >= 4 is 51.7 Å². The van der Waals surface area contributed by atoms with Gasteiger partial charge in [-0.2, -0.15) is 0 Å². The lowest BCUT2D eigenvalue weighted by Crippen LogP contribution is -2.45. The third-order valence-corrected chi connectivity index (χ3v) is 6.43. The van der Waals surface area contributed by atoms with Gasteiger partial charge in [-0.3, -0.25) is 14.5 Å². The number of piperidine rings is 1. The lowest BCUT2D eigenvalue weighted by molar-refractivity contribution is -0.123. The molecular weight excluding hydrogens is 423 g/mol. The van der Waals surface area contributed by atoms with E-state index in [0.29, 0.717) is 21.7 Å². The van der Waals surface area contributed by atoms with Crippen molar-refractivity contribution in [2.24, 2.45) is 0 Å². The van der Waals surface area contributed by atoms with E-state index in [0.717, 1.165) is 42.8 Å². The molecule has 3 aromatic rings. The lowest BCUT2D eigenvalue weighted by atomic mass is 9.95. The summed E-state index contributed by atoms with van der Waals surface area (Å²) in [6.45, 7) is 1.49. The molecule has 1 aromatic heterocycles. The Hall–Kier alpha value is -2.41. The third-order valence-electron chi connectivity index (χ3n) is 5.99. The largest absolute Gasteiger partial charge is 0.342 e. The molecule has 2 aliphatic rings. The molecule has 0 bridgehead atoms. The Morgan fingerprint density at radius 2 is 1.70 bits per heavy atom. The predicted octanol–water partition coefficient (Wildman–Crippen LogP) is 4.38. The number of nitrogens with zero attached hydrogens (tertiary/aromatic N) is 3. The van der Waals surface area contributed by atoms with Crippen LogP contribution in [0.3, 0.4) is 0 Å². The maximum atomic E-state index is 13.1. The van der Waals surface area contributed by atoms with Crippen molar-refractivity contribution < 1.29 is 9.59 Å². The molecule has 2 aromatic carbocycles. The number of nitrogens with one attached hydrogen (secondary N) is 1. The van der Waals surface area contributed by atoms with E-state index in [1.54, 1.807) is 18.2 Å². The first kappa shape index (κ1) is 19.5. The Kier molecular flexibility index (Phi) is 5.01. The van der Waals surface area contributed by atoms with Crippen LogP contribution in [0.25, 0.3) is 11.0 Å². The fourth-order valence-electron chi connectivity index (χ4n) is 4.49. The van der Waals surface area contributed by atoms with Crippen molar-refractivity contribution in [2.75, 3.05) is 18.0 Å². The maximum absolute atomic E-state index is 13.1. The molecule has 154 valence electrons. The summed E-state index contributed by atoms with van der Waals surface area (Å²) in [5.41, 5.74) is 2.45. The van der Waals surface area contributed by atoms with Crippen LogP contribution in [-0.4, -0.2) is 45.8 Å². The minimum absolute atomic E-state index is 0.179. The number of halogens is 2. The maximum Gasteiger partial charge on any atom is 0.251 e. The average Bonchev–Trinajstić information content (AvgIpc) is 3.28. The first-order valence-corrected chi connectivity index (χ1v) is 10.8. The zero-order chi connectivity index (χ0) is 20.8. The molecule has 8 heteroatoms. The number of carbonyl (C=O) groups is 2. The highest BCUT2D eigenvalue weighted by Crippen LogP contribution is 2.34. The van der Waals surface area contributed by atoms with Gasteiger partial charge in [0.2, 0.25) is 5.91 Å². The molecule has 1 atom stereocenters. The first-order valence-electron chi connectivity index (χ1n) is 10.0. The van der Waals surface area contributed by atoms with Gasteiger partial charge in [-0.25, -0.2) is 9.88 Å². The molecular formula is C22H20Cl2N4O2. The molecule has 2 saturated heterocycles. The lowest BCUT2D eigenvalue weighted by Gasteiger charge is -2.34. The number of fused-ring (bicyclic) bond motifs is 1. The van der Waals surface area contributed by atoms with Crippen LogP contribution in [0, 0.1) is 0 Å². The minimum Gasteiger partial charge on any atom is -0.342 e. The number of anilines is 1. The van der Waals surface area contributed by atoms with Gasteiger partial charge in [0.1, 0.15) is 5.82 Å². The van der Waals surface area contributed by atoms with Crippen molar-refractivity contribution in [3.63, 3.8) is 0 Å². The van der Waals surface area contributed by atoms with Crippen LogP contribution in [0.2, 0.25) is 10.0 Å². The summed E-state index contributed by atoms with van der Waals surface area (Å²) < 4.78 is 0. The Morgan fingerprint density at radius 1 is 1.00 bits per heavy atom. The number of aromatic amines is 1. The van der Waals surface area contributed by atoms with Crippen molar-refractivity contribution in [1.82, 2.24) is 14.9 Å². The molecule has 0 aliphatic carbocycles. The van der Waals surface area contributed by atoms with Gasteiger partial charge in [0, 0.05) is 16.0 Å². The first-order chi connectivity index (χ1) is 14.5. The van der Waals surface area contributed by atoms with Gasteiger partial charge >= 0.3 is 0 Å². The molecule has 0 saturated carbocycles. The van der Waals surface area contributed by atoms with Gasteiger partial charge in [0.05, 0.1) is 29.2 Å². The molecule has 2 fully saturated rings. The second kappa shape index (κ2) is 7.69. The average molecular weight is 443 g/mol. The molecule has 2 aliphatic heterocycles. The number of imide groups is 1. The van der Waals surface area contributed by atoms with Gasteiger partial charge in [0.25, 0.3) is 5.91 Å². The van der Waals surface area contributed by atoms with E-state index in [4.69, 9.17) is 28.2 Å². The molecule has 0 spiro atoms. The molecule has 3 heterocycles. The number of benzene rings is 2. The van der Waals surface area contributed by atoms with E-state index in [9.17, 15) is 9.59 Å². The predicted molar refractivity (Wildman–Crippen MR) is 117 cm³/mol. The summed E-state index contributed by atoms with van der Waals surface area (Å²) >= 11 is 12.1. The van der Waals surface area contributed by atoms with Gasteiger partial charge < -0.3 is 4.98 Å². The van der Waals surface area contributed by atoms with Gasteiger partial charge in [-0.15, -0.1) is 0 Å². The van der Waals surface area contributed by atoms with E-state index in [1.807, 2.05) is 24.3 Å². The molecule has 2 amide bonds. The monoisotopic (exact) mass is 442 g/mol. The molecule has 30 heavy (non-hydrogen) atoms. The Morgan fingerprint density at radius 3 is 2.40 bits per heavy atom. The Bertz CT molecular complexity index is 1080. The van der Waals surface area contributed by atoms with Crippen LogP contribution in [-0.2, 0) is 9.59 Å². The fourth-order valence-corrected chi connectivity index (χ4v) is 5.01. The summed E-state index contributed by atoms with van der Waals surface area (Å²) in [7, 11) is 0. The van der Waals surface area contributed by atoms with Crippen LogP contribution >= 0.6 is 23.2 Å². The fraction of sp³-hybridized carbons (Fsp3) is 0.318. The standard InChI is InChI=1S/C22H20Cl2N4O2/c23-14-9-15(24)11-16(10-14)28-20(29)12-19(22(28)30)27-7-5-13(6-8-27)21-25-17-3-1-2-4-18(17)26-21/h1-4,9-11,13,19H,5-8,12H2,(H,25,26)/t19-/m0/s1. The highest BCUT2D eigenvalue weighted by atomic mass is 35.5. The number of aromatic nitrogens is 2. The smallest absolute Gasteiger partial charge is 0.251 e. The van der Waals surface area contributed by atoms with E-state index >= 15 is 0 Å². The molecule has 6 nitrogen and oxygen atoms in total. The number of para-hydroxylation sites is 2. The van der Waals surface area contributed by atoms with Gasteiger partial charge in [-0.05, 0) is 56.3 Å². The topological polar surface area (TPSA) is 69.3 Å². The Balaban J connectivity index is 1.29. The Labute approximate surface area is 183 Å². The molecule has 5 rings (SSSR count). The highest BCUT2D eigenvalue weighted by Gasteiger charge is 2.43. The third kappa shape index (κ3) is 3.49. The van der Waals surface area contributed by atoms with Crippen molar-refractivity contribution in [3.8, 4) is 0 Å². The SMILES string of the molecule is O=C1C[C@H](N2CCC(c3nc4ccccc4[nH]3)CC2)C(=O)N1c1cc(Cl)cc(Cl)c1. The summed E-state index contributed by atoms with van der Waals surface area (Å²) in [4.78, 5) is 37.2. The summed E-state index contributed by atoms with van der Waals surface area (Å²) in [6.07, 6.45) is 1.96. The van der Waals surface area contributed by atoms with Crippen LogP contribution in [0.1, 0.15) is 31.0 Å². The second-order valence-electron chi connectivity index (χ2n) is 7.86. The summed E-state index contributed by atoms with van der Waals surface area (Å²) in [5, 5.41) is 0.793. The number of hydrogen-bond donors (Lipinski definition) is 1. The van der Waals surface area contributed by atoms with Crippen LogP contribution in [0.4, 0.5) is 5.69 Å². The van der Waals surface area contributed by atoms with Gasteiger partial charge in [0.15, 0.2) is 0 Å². The van der Waals surface area contributed by atoms with E-state index in [1.165, 1.54) is 4.90 Å². The number of likely N-dealkylation sites (tertiary alicyclic amines) is 1. The van der Waals surface area contributed by atoms with Crippen molar-refractivity contribution in [2.45, 2.75) is 31.2 Å². The normalized spacial score (nSPS) is 21.1. The van der Waals surface area contributed by atoms with Crippen LogP contribution in [0.15, 0.2) is 42.5 Å². The van der Waals surface area contributed by atoms with Gasteiger partial charge in [-0.1, -0.05) is 35.3 Å². The number of rotatable bonds is 3. The van der Waals surface area contributed by atoms with Crippen molar-refractivity contribution in [1.29, 1.82) is 0 Å². The summed E-state index contributed by atoms with van der Waals surface area (Å²) in [6, 6.07) is 12.3. The van der Waals surface area contributed by atoms with Crippen LogP contribution in [0.5, 0.6) is 0 Å². The number of H-pyrrole nitrogens is 1. The minimum atomic E-state index is -0.438. The zero-order valence-electron chi connectivity index (χ0n) is 16.1. The van der Waals surface area contributed by atoms with Crippen molar-refractivity contribution in [3.05, 3.63) is 58.3 Å². The zero-order valence-corrected chi connectivity index (χ0v) is 17.7. The number of carbonyl (C=O) groups excluding carboxylic acids is 2. The summed E-state index contributed by atoms with van der Waals surface area (Å²) in [5.74, 6) is 0.895. The molecule has 1 N–H and O–H groups in total. The molecule has 0 unspecified atom stereocenters. The number of hydrogen-bond acceptors (Lipinski definition) is 4. The quantitative estimate of drug-likeness (QED) is 0.610. The molecule has 0 radical (unpaired) electrons.